The average Bonchev–Trinajstić information content (AvgIpc) is 2.34. The normalized spacial score (nSPS) is 12.1. The summed E-state index contributed by atoms with van der Waals surface area (Å²) in [7, 11) is 0. The van der Waals surface area contributed by atoms with Gasteiger partial charge in [0.25, 0.3) is 0 Å². The van der Waals surface area contributed by atoms with Crippen molar-refractivity contribution in [3.05, 3.63) is 29.8 Å². The van der Waals surface area contributed by atoms with Gasteiger partial charge in [-0.15, -0.1) is 0 Å². The molecule has 1 atom stereocenters. The van der Waals surface area contributed by atoms with Crippen LogP contribution in [0.4, 0.5) is 0 Å². The van der Waals surface area contributed by atoms with Crippen molar-refractivity contribution in [3.8, 4) is 5.75 Å². The Morgan fingerprint density at radius 1 is 1.53 bits per heavy atom. The van der Waals surface area contributed by atoms with E-state index in [1.54, 1.807) is 18.2 Å². The first-order valence-electron chi connectivity index (χ1n) is 5.83. The topological polar surface area (TPSA) is 58.6 Å². The van der Waals surface area contributed by atoms with E-state index < -0.39 is 5.97 Å². The van der Waals surface area contributed by atoms with Gasteiger partial charge in [-0.25, -0.2) is 4.79 Å². The van der Waals surface area contributed by atoms with Crippen molar-refractivity contribution in [1.29, 1.82) is 0 Å². The number of carboxylic acids is 1. The summed E-state index contributed by atoms with van der Waals surface area (Å²) < 4.78 is 5.47. The molecule has 0 fully saturated rings. The number of rotatable bonds is 7. The fourth-order valence-corrected chi connectivity index (χ4v) is 1.34. The van der Waals surface area contributed by atoms with E-state index in [-0.39, 0.29) is 5.56 Å². The number of nitrogens with one attached hydrogen (secondary N) is 1. The van der Waals surface area contributed by atoms with E-state index in [1.165, 1.54) is 6.07 Å². The van der Waals surface area contributed by atoms with Gasteiger partial charge in [-0.2, -0.15) is 0 Å². The second kappa shape index (κ2) is 6.91. The van der Waals surface area contributed by atoms with Crippen LogP contribution in [0, 0.1) is 0 Å². The molecule has 4 heteroatoms. The highest BCUT2D eigenvalue weighted by Crippen LogP contribution is 2.12. The molecule has 1 aromatic carbocycles. The largest absolute Gasteiger partial charge is 0.492 e. The minimum absolute atomic E-state index is 0.248. The maximum atomic E-state index is 10.7. The van der Waals surface area contributed by atoms with Crippen molar-refractivity contribution < 1.29 is 14.6 Å². The highest BCUT2D eigenvalue weighted by Gasteiger charge is 2.03. The van der Waals surface area contributed by atoms with Crippen molar-refractivity contribution in [2.75, 3.05) is 13.2 Å². The third-order valence-electron chi connectivity index (χ3n) is 2.56. The number of benzene rings is 1. The molecule has 1 aromatic rings. The van der Waals surface area contributed by atoms with Crippen LogP contribution in [0.15, 0.2) is 24.3 Å². The van der Waals surface area contributed by atoms with Crippen LogP contribution >= 0.6 is 0 Å². The molecule has 0 saturated carbocycles. The Morgan fingerprint density at radius 2 is 2.29 bits per heavy atom. The first-order valence-corrected chi connectivity index (χ1v) is 5.83. The van der Waals surface area contributed by atoms with Gasteiger partial charge >= 0.3 is 5.97 Å². The lowest BCUT2D eigenvalue weighted by Crippen LogP contribution is -2.29. The molecule has 0 aromatic heterocycles. The predicted molar refractivity (Wildman–Crippen MR) is 66.7 cm³/mol. The summed E-state index contributed by atoms with van der Waals surface area (Å²) in [5.74, 6) is -0.343. The van der Waals surface area contributed by atoms with Gasteiger partial charge in [-0.1, -0.05) is 13.0 Å². The molecule has 0 aliphatic rings. The molecule has 0 aliphatic carbocycles. The van der Waals surface area contributed by atoms with E-state index in [9.17, 15) is 4.79 Å². The number of ether oxygens (including phenoxy) is 1. The molecule has 4 nitrogen and oxygen atoms in total. The maximum Gasteiger partial charge on any atom is 0.335 e. The van der Waals surface area contributed by atoms with Crippen molar-refractivity contribution >= 4 is 5.97 Å². The first kappa shape index (κ1) is 13.5. The van der Waals surface area contributed by atoms with E-state index in [1.807, 2.05) is 0 Å². The third-order valence-corrected chi connectivity index (χ3v) is 2.56. The summed E-state index contributed by atoms with van der Waals surface area (Å²) in [6.45, 7) is 5.53. The third kappa shape index (κ3) is 4.87. The lowest BCUT2D eigenvalue weighted by atomic mass is 10.2. The second-order valence-electron chi connectivity index (χ2n) is 3.94. The SMILES string of the molecule is CCC(C)NCCOc1cccc(C(=O)O)c1. The summed E-state index contributed by atoms with van der Waals surface area (Å²) >= 11 is 0. The van der Waals surface area contributed by atoms with Gasteiger partial charge in [0.05, 0.1) is 5.56 Å². The molecule has 0 amide bonds. The van der Waals surface area contributed by atoms with Crippen LogP contribution in [0.3, 0.4) is 0 Å². The van der Waals surface area contributed by atoms with E-state index >= 15 is 0 Å². The minimum Gasteiger partial charge on any atom is -0.492 e. The average molecular weight is 237 g/mol. The molecule has 0 heterocycles. The number of carboxylic acid groups (broad SMARTS) is 1. The molecule has 0 saturated heterocycles. The number of aromatic carboxylic acids is 1. The Morgan fingerprint density at radius 3 is 2.94 bits per heavy atom. The summed E-state index contributed by atoms with van der Waals surface area (Å²) in [5, 5.41) is 12.1. The Hall–Kier alpha value is -1.55. The molecule has 94 valence electrons. The van der Waals surface area contributed by atoms with Gasteiger partial charge < -0.3 is 15.2 Å². The van der Waals surface area contributed by atoms with Gasteiger partial charge in [0, 0.05) is 12.6 Å². The molecule has 0 aliphatic heterocycles. The number of hydrogen-bond acceptors (Lipinski definition) is 3. The lowest BCUT2D eigenvalue weighted by Gasteiger charge is -2.12. The van der Waals surface area contributed by atoms with Crippen molar-refractivity contribution in [2.24, 2.45) is 0 Å². The molecule has 0 spiro atoms. The van der Waals surface area contributed by atoms with Gasteiger partial charge in [-0.3, -0.25) is 0 Å². The summed E-state index contributed by atoms with van der Waals surface area (Å²) in [6, 6.07) is 7.00. The Labute approximate surface area is 102 Å². The second-order valence-corrected chi connectivity index (χ2v) is 3.94. The maximum absolute atomic E-state index is 10.7. The van der Waals surface area contributed by atoms with Gasteiger partial charge in [0.2, 0.25) is 0 Å². The zero-order chi connectivity index (χ0) is 12.7. The zero-order valence-electron chi connectivity index (χ0n) is 10.3. The van der Waals surface area contributed by atoms with Crippen LogP contribution < -0.4 is 10.1 Å². The van der Waals surface area contributed by atoms with Crippen LogP contribution in [0.25, 0.3) is 0 Å². The van der Waals surface area contributed by atoms with E-state index in [0.717, 1.165) is 13.0 Å². The summed E-state index contributed by atoms with van der Waals surface area (Å²) in [4.78, 5) is 10.7. The molecule has 17 heavy (non-hydrogen) atoms. The van der Waals surface area contributed by atoms with Crippen LogP contribution in [-0.4, -0.2) is 30.3 Å². The summed E-state index contributed by atoms with van der Waals surface area (Å²) in [6.07, 6.45) is 1.08. The van der Waals surface area contributed by atoms with Crippen LogP contribution in [0.5, 0.6) is 5.75 Å². The molecular weight excluding hydrogens is 218 g/mol. The molecule has 1 unspecified atom stereocenters. The Kier molecular flexibility index (Phi) is 5.49. The quantitative estimate of drug-likeness (QED) is 0.713. The van der Waals surface area contributed by atoms with Crippen molar-refractivity contribution in [2.45, 2.75) is 26.3 Å². The molecular formula is C13H19NO3. The standard InChI is InChI=1S/C13H19NO3/c1-3-10(2)14-7-8-17-12-6-4-5-11(9-12)13(15)16/h4-6,9-10,14H,3,7-8H2,1-2H3,(H,15,16). The minimum atomic E-state index is -0.937. The monoisotopic (exact) mass is 237 g/mol. The molecule has 1 rings (SSSR count). The fourth-order valence-electron chi connectivity index (χ4n) is 1.34. The van der Waals surface area contributed by atoms with Gasteiger partial charge in [-0.05, 0) is 31.5 Å². The van der Waals surface area contributed by atoms with Crippen molar-refractivity contribution in [3.63, 3.8) is 0 Å². The van der Waals surface area contributed by atoms with Crippen LogP contribution in [-0.2, 0) is 0 Å². The number of carbonyl (C=O) groups is 1. The van der Waals surface area contributed by atoms with Gasteiger partial charge in [0.15, 0.2) is 0 Å². The molecule has 2 N–H and O–H groups in total. The summed E-state index contributed by atoms with van der Waals surface area (Å²) in [5.41, 5.74) is 0.248. The van der Waals surface area contributed by atoms with E-state index in [0.29, 0.717) is 18.4 Å². The highest BCUT2D eigenvalue weighted by molar-refractivity contribution is 5.87. The predicted octanol–water partition coefficient (Wildman–Crippen LogP) is 2.15. The van der Waals surface area contributed by atoms with Crippen molar-refractivity contribution in [1.82, 2.24) is 5.32 Å². The van der Waals surface area contributed by atoms with E-state index in [2.05, 4.69) is 19.2 Å². The zero-order valence-corrected chi connectivity index (χ0v) is 10.3. The lowest BCUT2D eigenvalue weighted by molar-refractivity contribution is 0.0696. The van der Waals surface area contributed by atoms with Crippen LogP contribution in [0.2, 0.25) is 0 Å². The van der Waals surface area contributed by atoms with Gasteiger partial charge in [0.1, 0.15) is 12.4 Å². The van der Waals surface area contributed by atoms with Crippen LogP contribution in [0.1, 0.15) is 30.6 Å². The highest BCUT2D eigenvalue weighted by atomic mass is 16.5. The Balaban J connectivity index is 2.36. The first-order chi connectivity index (χ1) is 8.13. The Bertz CT molecular complexity index is 365. The molecule has 0 bridgehead atoms. The molecule has 0 radical (unpaired) electrons. The van der Waals surface area contributed by atoms with E-state index in [4.69, 9.17) is 9.84 Å². The number of hydrogen-bond donors (Lipinski definition) is 2. The smallest absolute Gasteiger partial charge is 0.335 e. The fraction of sp³-hybridized carbons (Fsp3) is 0.462.